The first-order valence-electron chi connectivity index (χ1n) is 14.9. The summed E-state index contributed by atoms with van der Waals surface area (Å²) in [6.45, 7) is 2.39. The average Bonchev–Trinajstić information content (AvgIpc) is 3.63. The van der Waals surface area contributed by atoms with Crippen LogP contribution in [0, 0.1) is 11.6 Å². The number of halogens is 2. The Morgan fingerprint density at radius 1 is 1.11 bits per heavy atom. The van der Waals surface area contributed by atoms with Crippen LogP contribution in [0.5, 0.6) is 5.75 Å². The lowest BCUT2D eigenvalue weighted by Gasteiger charge is -2.70. The third-order valence-electron chi connectivity index (χ3n) is 9.19. The van der Waals surface area contributed by atoms with Crippen LogP contribution in [-0.2, 0) is 11.2 Å². The van der Waals surface area contributed by atoms with Gasteiger partial charge in [-0.1, -0.05) is 6.92 Å². The number of β-amino-alcohol motifs (C(OH)–C–C–N with tert-alkyl or cyclic N) is 1. The molecule has 3 aliphatic carbocycles. The van der Waals surface area contributed by atoms with Gasteiger partial charge in [-0.2, -0.15) is 4.39 Å². The summed E-state index contributed by atoms with van der Waals surface area (Å²) in [5.74, 6) is -2.15. The number of aliphatic hydroxyl groups is 1. The first-order valence-corrected chi connectivity index (χ1v) is 14.9. The van der Waals surface area contributed by atoms with Crippen molar-refractivity contribution in [3.05, 3.63) is 71.7 Å². The minimum atomic E-state index is -1.08. The lowest BCUT2D eigenvalue weighted by atomic mass is 9.44. The van der Waals surface area contributed by atoms with Crippen molar-refractivity contribution in [1.29, 1.82) is 0 Å². The van der Waals surface area contributed by atoms with Gasteiger partial charge in [0.05, 0.1) is 31.1 Å². The van der Waals surface area contributed by atoms with Gasteiger partial charge >= 0.3 is 0 Å². The highest BCUT2D eigenvalue weighted by Crippen LogP contribution is 2.60. The predicted molar refractivity (Wildman–Crippen MR) is 161 cm³/mol. The zero-order chi connectivity index (χ0) is 31.5. The second-order valence-electron chi connectivity index (χ2n) is 12.3. The van der Waals surface area contributed by atoms with E-state index in [1.807, 2.05) is 13.0 Å². The number of hydrogen-bond donors (Lipinski definition) is 5. The molecular weight excluding hydrogens is 584 g/mol. The van der Waals surface area contributed by atoms with Crippen molar-refractivity contribution in [3.8, 4) is 17.0 Å². The summed E-state index contributed by atoms with van der Waals surface area (Å²) < 4.78 is 35.8. The van der Waals surface area contributed by atoms with Crippen LogP contribution < -0.4 is 26.0 Å². The highest BCUT2D eigenvalue weighted by molar-refractivity contribution is 5.97. The third kappa shape index (κ3) is 4.95. The van der Waals surface area contributed by atoms with E-state index in [1.165, 1.54) is 31.6 Å². The molecule has 4 aromatic rings. The normalized spacial score (nSPS) is 24.9. The van der Waals surface area contributed by atoms with Crippen LogP contribution in [0.15, 0.2) is 48.9 Å². The van der Waals surface area contributed by atoms with Crippen molar-refractivity contribution < 1.29 is 28.2 Å². The lowest BCUT2D eigenvalue weighted by Crippen LogP contribution is -2.84. The molecule has 2 bridgehead atoms. The van der Waals surface area contributed by atoms with Crippen LogP contribution in [-0.4, -0.2) is 68.2 Å². The van der Waals surface area contributed by atoms with Crippen molar-refractivity contribution in [1.82, 2.24) is 30.3 Å². The molecule has 13 heteroatoms. The number of methoxy groups -OCH3 is 1. The first-order chi connectivity index (χ1) is 21.6. The fraction of sp³-hybridized carbons (Fsp3) is 0.375. The number of anilines is 2. The molecule has 1 aliphatic heterocycles. The summed E-state index contributed by atoms with van der Waals surface area (Å²) in [7, 11) is 1.27. The average molecular weight is 618 g/mol. The van der Waals surface area contributed by atoms with Gasteiger partial charge in [0.15, 0.2) is 23.0 Å². The Bertz CT molecular complexity index is 1820. The van der Waals surface area contributed by atoms with Gasteiger partial charge in [0.1, 0.15) is 0 Å². The maximum absolute atomic E-state index is 14.9. The lowest BCUT2D eigenvalue weighted by molar-refractivity contribution is -0.141. The summed E-state index contributed by atoms with van der Waals surface area (Å²) in [5.41, 5.74) is 2.28. The van der Waals surface area contributed by atoms with E-state index in [-0.39, 0.29) is 40.2 Å². The van der Waals surface area contributed by atoms with E-state index in [4.69, 9.17) is 4.74 Å². The quantitative estimate of drug-likeness (QED) is 0.193. The molecule has 3 saturated carbocycles. The Morgan fingerprint density at radius 2 is 1.89 bits per heavy atom. The zero-order valence-electron chi connectivity index (χ0n) is 24.8. The Kier molecular flexibility index (Phi) is 6.97. The molecule has 8 rings (SSSR count). The Morgan fingerprint density at radius 3 is 2.60 bits per heavy atom. The number of aromatic nitrogens is 3. The Balaban J connectivity index is 1.04. The number of nitrogens with one attached hydrogen (secondary N) is 4. The molecule has 1 saturated heterocycles. The fourth-order valence-electron chi connectivity index (χ4n) is 7.04. The number of aryl methyl sites for hydroxylation is 1. The van der Waals surface area contributed by atoms with Crippen LogP contribution >= 0.6 is 0 Å². The van der Waals surface area contributed by atoms with Crippen LogP contribution in [0.3, 0.4) is 0 Å². The molecule has 11 nitrogen and oxygen atoms in total. The maximum Gasteiger partial charge on any atom is 0.251 e. The SMILES string of the molecule is CCc1cc(Nc2nccn3c(-c4ccc(OC)c(F)c4F)cnc23)ccc1C(=O)NC12CC(NC(=O)C3CC(O)CN3)(C1)C2. The summed E-state index contributed by atoms with van der Waals surface area (Å²) in [6, 6.07) is 7.86. The number of hydrogen-bond acceptors (Lipinski definition) is 8. The largest absolute Gasteiger partial charge is 0.494 e. The second kappa shape index (κ2) is 10.8. The van der Waals surface area contributed by atoms with E-state index in [0.717, 1.165) is 5.56 Å². The van der Waals surface area contributed by atoms with Gasteiger partial charge in [-0.3, -0.25) is 14.0 Å². The highest BCUT2D eigenvalue weighted by atomic mass is 19.2. The topological polar surface area (TPSA) is 142 Å². The van der Waals surface area contributed by atoms with E-state index in [9.17, 15) is 23.5 Å². The van der Waals surface area contributed by atoms with Crippen LogP contribution in [0.4, 0.5) is 20.3 Å². The van der Waals surface area contributed by atoms with E-state index in [2.05, 4.69) is 31.2 Å². The number of rotatable bonds is 9. The smallest absolute Gasteiger partial charge is 0.251 e. The number of amides is 2. The molecule has 2 amide bonds. The Labute approximate surface area is 257 Å². The molecule has 3 heterocycles. The standard InChI is InChI=1S/C32H33F2N7O4/c1-3-17-10-18(38-27-28-37-13-23(41(28)9-8-35-27)21-6-7-24(45-2)26(34)25(21)33)4-5-20(17)29(43)39-31-14-32(15-31,16-31)40-30(44)22-11-19(42)12-36-22/h4-10,13,19,22,36,42H,3,11-12,14-16H2,1-2H3,(H,35,38)(H,39,43)(H,40,44). The fourth-order valence-corrected chi connectivity index (χ4v) is 7.04. The third-order valence-corrected chi connectivity index (χ3v) is 9.19. The minimum Gasteiger partial charge on any atom is -0.494 e. The van der Waals surface area contributed by atoms with Crippen molar-refractivity contribution in [3.63, 3.8) is 0 Å². The van der Waals surface area contributed by atoms with E-state index >= 15 is 0 Å². The van der Waals surface area contributed by atoms with Crippen LogP contribution in [0.2, 0.25) is 0 Å². The van der Waals surface area contributed by atoms with Crippen molar-refractivity contribution in [2.75, 3.05) is 19.0 Å². The van der Waals surface area contributed by atoms with Crippen LogP contribution in [0.1, 0.15) is 48.5 Å². The van der Waals surface area contributed by atoms with Gasteiger partial charge < -0.3 is 31.1 Å². The van der Waals surface area contributed by atoms with Gasteiger partial charge in [-0.25, -0.2) is 14.4 Å². The molecule has 4 aliphatic rings. The first kappa shape index (κ1) is 29.1. The number of nitrogens with zero attached hydrogens (tertiary/aromatic N) is 3. The highest BCUT2D eigenvalue weighted by Gasteiger charge is 2.69. The van der Waals surface area contributed by atoms with Crippen molar-refractivity contribution >= 4 is 29.0 Å². The molecule has 2 aromatic heterocycles. The maximum atomic E-state index is 14.9. The molecule has 5 N–H and O–H groups in total. The molecule has 2 aromatic carbocycles. The van der Waals surface area contributed by atoms with Crippen LogP contribution in [0.25, 0.3) is 16.9 Å². The Hall–Kier alpha value is -4.62. The zero-order valence-corrected chi connectivity index (χ0v) is 24.8. The van der Waals surface area contributed by atoms with Gasteiger partial charge in [0.2, 0.25) is 11.7 Å². The minimum absolute atomic E-state index is 0.0317. The van der Waals surface area contributed by atoms with Crippen molar-refractivity contribution in [2.24, 2.45) is 0 Å². The number of carbonyl (C=O) groups is 2. The van der Waals surface area contributed by atoms with Gasteiger partial charge in [0, 0.05) is 46.8 Å². The molecular formula is C32H33F2N7O4. The van der Waals surface area contributed by atoms with E-state index in [1.54, 1.807) is 22.7 Å². The summed E-state index contributed by atoms with van der Waals surface area (Å²) in [5, 5.41) is 22.3. The molecule has 2 atom stereocenters. The molecule has 2 unspecified atom stereocenters. The number of benzene rings is 2. The second-order valence-corrected chi connectivity index (χ2v) is 12.3. The number of ether oxygens (including phenoxy) is 1. The van der Waals surface area contributed by atoms with Gasteiger partial charge in [-0.05, 0) is 68.0 Å². The number of fused-ring (bicyclic) bond motifs is 1. The molecule has 45 heavy (non-hydrogen) atoms. The number of aliphatic hydroxyl groups excluding tert-OH is 1. The molecule has 0 radical (unpaired) electrons. The molecule has 234 valence electrons. The number of carbonyl (C=O) groups excluding carboxylic acids is 2. The molecule has 0 spiro atoms. The van der Waals surface area contributed by atoms with E-state index < -0.39 is 17.7 Å². The van der Waals surface area contributed by atoms with Gasteiger partial charge in [-0.15, -0.1) is 0 Å². The van der Waals surface area contributed by atoms with E-state index in [0.29, 0.717) is 67.1 Å². The molecule has 4 fully saturated rings. The summed E-state index contributed by atoms with van der Waals surface area (Å²) >= 11 is 0. The monoisotopic (exact) mass is 617 g/mol. The van der Waals surface area contributed by atoms with Gasteiger partial charge in [0.25, 0.3) is 5.91 Å². The number of imidazole rings is 1. The predicted octanol–water partition coefficient (Wildman–Crippen LogP) is 3.23. The van der Waals surface area contributed by atoms with Crippen molar-refractivity contribution in [2.45, 2.75) is 62.3 Å². The summed E-state index contributed by atoms with van der Waals surface area (Å²) in [4.78, 5) is 34.8. The summed E-state index contributed by atoms with van der Waals surface area (Å²) in [6.07, 6.45) is 7.18.